The second-order valence-corrected chi connectivity index (χ2v) is 4.23. The van der Waals surface area contributed by atoms with E-state index < -0.39 is 17.6 Å². The molecule has 0 aliphatic carbocycles. The van der Waals surface area contributed by atoms with Crippen molar-refractivity contribution in [3.8, 4) is 11.8 Å². The molecule has 100 valence electrons. The molecule has 2 aromatic carbocycles. The maximum Gasteiger partial charge on any atom is 0.233 e. The average molecular weight is 267 g/mol. The first kappa shape index (κ1) is 13.8. The van der Waals surface area contributed by atoms with E-state index in [9.17, 15) is 15.2 Å². The number of rotatable bonds is 3. The molecule has 0 unspecified atom stereocenters. The Hall–Kier alpha value is -2.64. The largest absolute Gasteiger partial charge is 0.381 e. The summed E-state index contributed by atoms with van der Waals surface area (Å²) in [6, 6.07) is 16.3. The summed E-state index contributed by atoms with van der Waals surface area (Å²) in [5, 5.41) is 20.3. The summed E-state index contributed by atoms with van der Waals surface area (Å²) in [7, 11) is 0. The number of hydrogen-bond donors (Lipinski definition) is 1. The van der Waals surface area contributed by atoms with Crippen LogP contribution in [0, 0.1) is 22.0 Å². The molecule has 0 heterocycles. The summed E-state index contributed by atoms with van der Waals surface area (Å²) in [5.74, 6) is 5.93. The second kappa shape index (κ2) is 6.50. The standard InChI is InChI=1S/C16H13NO3/c18-16(12-17(19)20)15-9-5-4-8-14(15)11-10-13-6-2-1-3-7-13/h1-9,16,18H,12H2/t16-/m1/s1. The SMILES string of the molecule is O=[N+]([O-])C[C@@H](O)c1ccccc1C#Cc1ccccc1. The van der Waals surface area contributed by atoms with Crippen molar-refractivity contribution in [3.63, 3.8) is 0 Å². The Labute approximate surface area is 116 Å². The number of aliphatic hydroxyl groups is 1. The van der Waals surface area contributed by atoms with Crippen LogP contribution in [0.15, 0.2) is 54.6 Å². The van der Waals surface area contributed by atoms with Crippen LogP contribution in [-0.2, 0) is 0 Å². The molecule has 1 N–H and O–H groups in total. The predicted octanol–water partition coefficient (Wildman–Crippen LogP) is 2.40. The van der Waals surface area contributed by atoms with E-state index in [1.807, 2.05) is 30.3 Å². The van der Waals surface area contributed by atoms with E-state index in [1.165, 1.54) is 0 Å². The second-order valence-electron chi connectivity index (χ2n) is 4.23. The maximum absolute atomic E-state index is 10.5. The fraction of sp³-hybridized carbons (Fsp3) is 0.125. The van der Waals surface area contributed by atoms with Gasteiger partial charge in [-0.25, -0.2) is 0 Å². The van der Waals surface area contributed by atoms with Crippen LogP contribution in [-0.4, -0.2) is 16.6 Å². The zero-order chi connectivity index (χ0) is 14.4. The van der Waals surface area contributed by atoms with E-state index in [4.69, 9.17) is 0 Å². The Morgan fingerprint density at radius 2 is 1.70 bits per heavy atom. The molecule has 0 aliphatic heterocycles. The van der Waals surface area contributed by atoms with Gasteiger partial charge in [0.1, 0.15) is 6.10 Å². The van der Waals surface area contributed by atoms with Gasteiger partial charge in [-0.1, -0.05) is 48.2 Å². The first-order valence-electron chi connectivity index (χ1n) is 6.12. The Balaban J connectivity index is 2.29. The molecule has 2 rings (SSSR count). The van der Waals surface area contributed by atoms with Crippen LogP contribution in [0.5, 0.6) is 0 Å². The molecule has 0 radical (unpaired) electrons. The smallest absolute Gasteiger partial charge is 0.233 e. The van der Waals surface area contributed by atoms with E-state index in [-0.39, 0.29) is 0 Å². The van der Waals surface area contributed by atoms with Gasteiger partial charge in [-0.3, -0.25) is 10.1 Å². The number of hydrogen-bond acceptors (Lipinski definition) is 3. The zero-order valence-corrected chi connectivity index (χ0v) is 10.7. The summed E-state index contributed by atoms with van der Waals surface area (Å²) >= 11 is 0. The van der Waals surface area contributed by atoms with Gasteiger partial charge in [-0.05, 0) is 18.2 Å². The van der Waals surface area contributed by atoms with Crippen LogP contribution in [0.4, 0.5) is 0 Å². The van der Waals surface area contributed by atoms with Crippen molar-refractivity contribution in [1.82, 2.24) is 0 Å². The van der Waals surface area contributed by atoms with Crippen molar-refractivity contribution < 1.29 is 10.0 Å². The third-order valence-corrected chi connectivity index (χ3v) is 2.76. The molecule has 0 aromatic heterocycles. The molecule has 0 fully saturated rings. The van der Waals surface area contributed by atoms with Gasteiger partial charge in [0.25, 0.3) is 0 Å². The summed E-state index contributed by atoms with van der Waals surface area (Å²) in [4.78, 5) is 9.95. The Kier molecular flexibility index (Phi) is 4.48. The van der Waals surface area contributed by atoms with Crippen LogP contribution in [0.3, 0.4) is 0 Å². The minimum absolute atomic E-state index is 0.479. The molecular weight excluding hydrogens is 254 g/mol. The van der Waals surface area contributed by atoms with Gasteiger partial charge in [-0.2, -0.15) is 0 Å². The van der Waals surface area contributed by atoms with Crippen molar-refractivity contribution in [2.45, 2.75) is 6.10 Å². The fourth-order valence-corrected chi connectivity index (χ4v) is 1.80. The van der Waals surface area contributed by atoms with Crippen LogP contribution in [0.2, 0.25) is 0 Å². The zero-order valence-electron chi connectivity index (χ0n) is 10.7. The third-order valence-electron chi connectivity index (χ3n) is 2.76. The summed E-state index contributed by atoms with van der Waals surface area (Å²) in [6.07, 6.45) is -1.15. The molecule has 0 saturated heterocycles. The lowest BCUT2D eigenvalue weighted by molar-refractivity contribution is -0.491. The van der Waals surface area contributed by atoms with Gasteiger partial charge >= 0.3 is 0 Å². The average Bonchev–Trinajstić information content (AvgIpc) is 2.46. The minimum Gasteiger partial charge on any atom is -0.381 e. The fourth-order valence-electron chi connectivity index (χ4n) is 1.80. The molecule has 0 saturated carbocycles. The highest BCUT2D eigenvalue weighted by Crippen LogP contribution is 2.17. The lowest BCUT2D eigenvalue weighted by Crippen LogP contribution is -2.12. The Bertz CT molecular complexity index is 656. The molecule has 0 bridgehead atoms. The van der Waals surface area contributed by atoms with Gasteiger partial charge in [0.2, 0.25) is 6.54 Å². The van der Waals surface area contributed by atoms with Crippen molar-refractivity contribution in [3.05, 3.63) is 81.4 Å². The topological polar surface area (TPSA) is 63.4 Å². The Morgan fingerprint density at radius 1 is 1.05 bits per heavy atom. The van der Waals surface area contributed by atoms with Gasteiger partial charge in [0.15, 0.2) is 0 Å². The summed E-state index contributed by atoms with van der Waals surface area (Å²) in [6.45, 7) is -0.524. The van der Waals surface area contributed by atoms with Crippen molar-refractivity contribution >= 4 is 0 Å². The molecule has 20 heavy (non-hydrogen) atoms. The summed E-state index contributed by atoms with van der Waals surface area (Å²) in [5.41, 5.74) is 1.93. The monoisotopic (exact) mass is 267 g/mol. The van der Waals surface area contributed by atoms with Crippen LogP contribution < -0.4 is 0 Å². The number of benzene rings is 2. The summed E-state index contributed by atoms with van der Waals surface area (Å²) < 4.78 is 0. The van der Waals surface area contributed by atoms with Crippen LogP contribution >= 0.6 is 0 Å². The molecule has 4 nitrogen and oxygen atoms in total. The highest BCUT2D eigenvalue weighted by atomic mass is 16.6. The van der Waals surface area contributed by atoms with Crippen molar-refractivity contribution in [2.24, 2.45) is 0 Å². The van der Waals surface area contributed by atoms with Gasteiger partial charge < -0.3 is 5.11 Å². The first-order chi connectivity index (χ1) is 9.66. The predicted molar refractivity (Wildman–Crippen MR) is 75.7 cm³/mol. The molecule has 2 aromatic rings. The van der Waals surface area contributed by atoms with Gasteiger partial charge in [0.05, 0.1) is 0 Å². The Morgan fingerprint density at radius 3 is 2.40 bits per heavy atom. The van der Waals surface area contributed by atoms with E-state index >= 15 is 0 Å². The normalized spacial score (nSPS) is 11.2. The molecule has 1 atom stereocenters. The molecule has 0 amide bonds. The quantitative estimate of drug-likeness (QED) is 0.527. The lowest BCUT2D eigenvalue weighted by atomic mass is 10.0. The minimum atomic E-state index is -1.15. The first-order valence-corrected chi connectivity index (χ1v) is 6.12. The highest BCUT2D eigenvalue weighted by molar-refractivity contribution is 5.47. The molecule has 0 aliphatic rings. The van der Waals surface area contributed by atoms with E-state index in [0.717, 1.165) is 5.56 Å². The van der Waals surface area contributed by atoms with Crippen LogP contribution in [0.25, 0.3) is 0 Å². The number of aliphatic hydroxyl groups excluding tert-OH is 1. The number of nitro groups is 1. The third kappa shape index (κ3) is 3.67. The van der Waals surface area contributed by atoms with Crippen LogP contribution in [0.1, 0.15) is 22.8 Å². The molecular formula is C16H13NO3. The molecule has 4 heteroatoms. The van der Waals surface area contributed by atoms with E-state index in [1.54, 1.807) is 24.3 Å². The van der Waals surface area contributed by atoms with Gasteiger partial charge in [-0.15, -0.1) is 0 Å². The number of nitrogens with zero attached hydrogens (tertiary/aromatic N) is 1. The van der Waals surface area contributed by atoms with E-state index in [2.05, 4.69) is 11.8 Å². The van der Waals surface area contributed by atoms with Crippen molar-refractivity contribution in [1.29, 1.82) is 0 Å². The lowest BCUT2D eigenvalue weighted by Gasteiger charge is -2.08. The van der Waals surface area contributed by atoms with E-state index in [0.29, 0.717) is 11.1 Å². The highest BCUT2D eigenvalue weighted by Gasteiger charge is 2.16. The maximum atomic E-state index is 10.5. The van der Waals surface area contributed by atoms with Crippen molar-refractivity contribution in [2.75, 3.05) is 6.54 Å². The van der Waals surface area contributed by atoms with Gasteiger partial charge in [0, 0.05) is 21.6 Å². The molecule has 0 spiro atoms.